The van der Waals surface area contributed by atoms with Gasteiger partial charge in [-0.3, -0.25) is 9.59 Å². The number of benzene rings is 2. The number of rotatable bonds is 5. The number of para-hydroxylation sites is 1. The number of nitrogens with zero attached hydrogens (tertiary/aromatic N) is 4. The lowest BCUT2D eigenvalue weighted by Gasteiger charge is -2.34. The predicted molar refractivity (Wildman–Crippen MR) is 108 cm³/mol. The third kappa shape index (κ3) is 3.99. The van der Waals surface area contributed by atoms with Crippen LogP contribution in [-0.4, -0.2) is 58.1 Å². The summed E-state index contributed by atoms with van der Waals surface area (Å²) in [5.74, 6) is 0.567. The molecule has 0 radical (unpaired) electrons. The highest BCUT2D eigenvalue weighted by atomic mass is 16.5. The van der Waals surface area contributed by atoms with Crippen LogP contribution in [0.2, 0.25) is 0 Å². The first-order valence-corrected chi connectivity index (χ1v) is 9.45. The lowest BCUT2D eigenvalue weighted by molar-refractivity contribution is -0.135. The van der Waals surface area contributed by atoms with Crippen molar-refractivity contribution < 1.29 is 14.3 Å². The Bertz CT molecular complexity index is 999. The molecule has 1 fully saturated rings. The van der Waals surface area contributed by atoms with Gasteiger partial charge >= 0.3 is 0 Å². The second kappa shape index (κ2) is 8.18. The minimum atomic E-state index is -0.159. The van der Waals surface area contributed by atoms with Gasteiger partial charge < -0.3 is 14.5 Å². The summed E-state index contributed by atoms with van der Waals surface area (Å²) in [6.45, 7) is 1.59. The molecule has 4 rings (SSSR count). The largest absolute Gasteiger partial charge is 0.497 e. The standard InChI is InChI=1S/C22H22N4O3/c1-29-18-9-7-17(8-10-18)15-24-13-14-25(16-21(24)27)22(28)19-5-2-3-6-20(19)26-12-4-11-23-26/h2-12H,13-16H2,1H3. The van der Waals surface area contributed by atoms with E-state index in [-0.39, 0.29) is 18.4 Å². The quantitative estimate of drug-likeness (QED) is 0.671. The van der Waals surface area contributed by atoms with Crippen LogP contribution in [0.1, 0.15) is 15.9 Å². The van der Waals surface area contributed by atoms with Crippen molar-refractivity contribution in [1.29, 1.82) is 0 Å². The van der Waals surface area contributed by atoms with Crippen molar-refractivity contribution in [2.75, 3.05) is 26.7 Å². The number of hydrogen-bond acceptors (Lipinski definition) is 4. The normalized spacial score (nSPS) is 14.2. The molecule has 0 N–H and O–H groups in total. The summed E-state index contributed by atoms with van der Waals surface area (Å²) in [7, 11) is 1.62. The smallest absolute Gasteiger partial charge is 0.256 e. The molecule has 0 bridgehead atoms. The van der Waals surface area contributed by atoms with Crippen molar-refractivity contribution in [3.63, 3.8) is 0 Å². The summed E-state index contributed by atoms with van der Waals surface area (Å²) >= 11 is 0. The van der Waals surface area contributed by atoms with Crippen LogP contribution in [-0.2, 0) is 11.3 Å². The summed E-state index contributed by atoms with van der Waals surface area (Å²) in [6, 6.07) is 16.8. The van der Waals surface area contributed by atoms with E-state index in [0.717, 1.165) is 11.3 Å². The van der Waals surface area contributed by atoms with Gasteiger partial charge in [-0.05, 0) is 35.9 Å². The number of ether oxygens (including phenoxy) is 1. The molecule has 2 amide bonds. The van der Waals surface area contributed by atoms with Gasteiger partial charge in [0.1, 0.15) is 12.3 Å². The maximum Gasteiger partial charge on any atom is 0.256 e. The van der Waals surface area contributed by atoms with Gasteiger partial charge in [0.15, 0.2) is 0 Å². The number of hydrogen-bond donors (Lipinski definition) is 0. The van der Waals surface area contributed by atoms with E-state index in [2.05, 4.69) is 5.10 Å². The zero-order valence-corrected chi connectivity index (χ0v) is 16.2. The first-order chi connectivity index (χ1) is 14.2. The van der Waals surface area contributed by atoms with Crippen molar-refractivity contribution in [3.05, 3.63) is 78.1 Å². The molecule has 1 aromatic heterocycles. The minimum absolute atomic E-state index is 0.0583. The maximum atomic E-state index is 13.1. The maximum absolute atomic E-state index is 13.1. The van der Waals surface area contributed by atoms with Crippen molar-refractivity contribution in [1.82, 2.24) is 19.6 Å². The van der Waals surface area contributed by atoms with Crippen molar-refractivity contribution in [3.8, 4) is 11.4 Å². The zero-order chi connectivity index (χ0) is 20.2. The molecule has 0 unspecified atom stereocenters. The number of piperazine rings is 1. The van der Waals surface area contributed by atoms with Crippen LogP contribution in [0, 0.1) is 0 Å². The molecule has 0 aliphatic carbocycles. The van der Waals surface area contributed by atoms with Gasteiger partial charge in [0.2, 0.25) is 5.91 Å². The fourth-order valence-corrected chi connectivity index (χ4v) is 3.44. The summed E-state index contributed by atoms with van der Waals surface area (Å²) in [6.07, 6.45) is 3.47. The average Bonchev–Trinajstić information content (AvgIpc) is 3.30. The monoisotopic (exact) mass is 390 g/mol. The van der Waals surface area contributed by atoms with E-state index < -0.39 is 0 Å². The molecule has 29 heavy (non-hydrogen) atoms. The van der Waals surface area contributed by atoms with E-state index in [0.29, 0.717) is 30.9 Å². The fourth-order valence-electron chi connectivity index (χ4n) is 3.44. The highest BCUT2D eigenvalue weighted by Gasteiger charge is 2.29. The minimum Gasteiger partial charge on any atom is -0.497 e. The van der Waals surface area contributed by atoms with E-state index in [1.807, 2.05) is 48.5 Å². The van der Waals surface area contributed by atoms with Crippen LogP contribution in [0.25, 0.3) is 5.69 Å². The van der Waals surface area contributed by atoms with Crippen molar-refractivity contribution >= 4 is 11.8 Å². The Morgan fingerprint density at radius 1 is 1.07 bits per heavy atom. The predicted octanol–water partition coefficient (Wildman–Crippen LogP) is 2.37. The Hall–Kier alpha value is -3.61. The van der Waals surface area contributed by atoms with Crippen LogP contribution in [0.3, 0.4) is 0 Å². The SMILES string of the molecule is COc1ccc(CN2CCN(C(=O)c3ccccc3-n3cccn3)CC2=O)cc1. The molecule has 2 heterocycles. The van der Waals surface area contributed by atoms with E-state index >= 15 is 0 Å². The first-order valence-electron chi connectivity index (χ1n) is 9.45. The molecule has 0 atom stereocenters. The van der Waals surface area contributed by atoms with Crippen LogP contribution < -0.4 is 4.74 Å². The summed E-state index contributed by atoms with van der Waals surface area (Å²) in [4.78, 5) is 29.2. The van der Waals surface area contributed by atoms with E-state index in [9.17, 15) is 9.59 Å². The number of aromatic nitrogens is 2. The zero-order valence-electron chi connectivity index (χ0n) is 16.2. The molecule has 1 saturated heterocycles. The average molecular weight is 390 g/mol. The van der Waals surface area contributed by atoms with Crippen molar-refractivity contribution in [2.24, 2.45) is 0 Å². The Morgan fingerprint density at radius 2 is 1.86 bits per heavy atom. The summed E-state index contributed by atoms with van der Waals surface area (Å²) in [5.41, 5.74) is 2.27. The third-order valence-electron chi connectivity index (χ3n) is 5.02. The lowest BCUT2D eigenvalue weighted by atomic mass is 10.1. The van der Waals surface area contributed by atoms with Crippen LogP contribution in [0.15, 0.2) is 67.0 Å². The van der Waals surface area contributed by atoms with Gasteiger partial charge in [0, 0.05) is 32.0 Å². The molecular formula is C22H22N4O3. The topological polar surface area (TPSA) is 67.7 Å². The van der Waals surface area contributed by atoms with Gasteiger partial charge in [0.05, 0.1) is 18.4 Å². The molecule has 0 saturated carbocycles. The van der Waals surface area contributed by atoms with Gasteiger partial charge in [-0.2, -0.15) is 5.10 Å². The van der Waals surface area contributed by atoms with Crippen LogP contribution >= 0.6 is 0 Å². The molecular weight excluding hydrogens is 368 g/mol. The highest BCUT2D eigenvalue weighted by molar-refractivity contribution is 6.00. The Labute approximate surface area is 169 Å². The number of amides is 2. The van der Waals surface area contributed by atoms with E-state index in [1.165, 1.54) is 0 Å². The lowest BCUT2D eigenvalue weighted by Crippen LogP contribution is -2.51. The molecule has 1 aliphatic rings. The number of carbonyl (C=O) groups excluding carboxylic acids is 2. The molecule has 3 aromatic rings. The second-order valence-corrected chi connectivity index (χ2v) is 6.86. The van der Waals surface area contributed by atoms with Crippen molar-refractivity contribution in [2.45, 2.75) is 6.54 Å². The van der Waals surface area contributed by atoms with Gasteiger partial charge in [-0.15, -0.1) is 0 Å². The molecule has 0 spiro atoms. The van der Waals surface area contributed by atoms with Gasteiger partial charge in [0.25, 0.3) is 5.91 Å². The molecule has 148 valence electrons. The van der Waals surface area contributed by atoms with Crippen LogP contribution in [0.4, 0.5) is 0 Å². The van der Waals surface area contributed by atoms with E-state index in [1.54, 1.807) is 40.1 Å². The Morgan fingerprint density at radius 3 is 2.55 bits per heavy atom. The second-order valence-electron chi connectivity index (χ2n) is 6.86. The fraction of sp³-hybridized carbons (Fsp3) is 0.227. The highest BCUT2D eigenvalue weighted by Crippen LogP contribution is 2.19. The first kappa shape index (κ1) is 18.7. The number of methoxy groups -OCH3 is 1. The molecule has 1 aliphatic heterocycles. The number of carbonyl (C=O) groups is 2. The van der Waals surface area contributed by atoms with Gasteiger partial charge in [-0.1, -0.05) is 24.3 Å². The molecule has 7 nitrogen and oxygen atoms in total. The molecule has 2 aromatic carbocycles. The third-order valence-corrected chi connectivity index (χ3v) is 5.02. The molecule has 7 heteroatoms. The Balaban J connectivity index is 1.45. The van der Waals surface area contributed by atoms with Crippen LogP contribution in [0.5, 0.6) is 5.75 Å². The Kier molecular flexibility index (Phi) is 5.29. The van der Waals surface area contributed by atoms with E-state index in [4.69, 9.17) is 4.74 Å². The van der Waals surface area contributed by atoms with Gasteiger partial charge in [-0.25, -0.2) is 4.68 Å². The summed E-state index contributed by atoms with van der Waals surface area (Å²) < 4.78 is 6.83. The summed E-state index contributed by atoms with van der Waals surface area (Å²) in [5, 5.41) is 4.22.